The van der Waals surface area contributed by atoms with E-state index in [9.17, 15) is 4.79 Å². The predicted octanol–water partition coefficient (Wildman–Crippen LogP) is 3.47. The van der Waals surface area contributed by atoms with Crippen LogP contribution in [0.15, 0.2) is 22.8 Å². The van der Waals surface area contributed by atoms with Gasteiger partial charge in [0.2, 0.25) is 0 Å². The average Bonchev–Trinajstić information content (AvgIpc) is 2.99. The van der Waals surface area contributed by atoms with E-state index in [-0.39, 0.29) is 11.5 Å². The molecular weight excluding hydrogens is 272 g/mol. The second-order valence-electron chi connectivity index (χ2n) is 5.88. The first-order valence-corrected chi connectivity index (χ1v) is 8.70. The Balaban J connectivity index is 1.54. The van der Waals surface area contributed by atoms with Gasteiger partial charge in [0.25, 0.3) is 0 Å². The molecule has 0 bridgehead atoms. The zero-order chi connectivity index (χ0) is 13.8. The van der Waals surface area contributed by atoms with Crippen LogP contribution in [-0.2, 0) is 16.0 Å². The van der Waals surface area contributed by atoms with Crippen LogP contribution in [0.25, 0.3) is 0 Å². The Bertz CT molecular complexity index is 429. The fraction of sp³-hybridized carbons (Fsp3) is 0.688. The van der Waals surface area contributed by atoms with E-state index in [0.717, 1.165) is 44.5 Å². The molecule has 3 nitrogen and oxygen atoms in total. The maximum Gasteiger partial charge on any atom is 0.136 e. The second kappa shape index (κ2) is 6.35. The van der Waals surface area contributed by atoms with Gasteiger partial charge >= 0.3 is 0 Å². The van der Waals surface area contributed by atoms with Crippen LogP contribution < -0.4 is 0 Å². The highest BCUT2D eigenvalue weighted by Crippen LogP contribution is 2.40. The molecule has 2 fully saturated rings. The van der Waals surface area contributed by atoms with Crippen LogP contribution in [0.4, 0.5) is 0 Å². The van der Waals surface area contributed by atoms with E-state index in [1.54, 1.807) is 6.26 Å². The number of rotatable bonds is 4. The lowest BCUT2D eigenvalue weighted by Gasteiger charge is -2.43. The van der Waals surface area contributed by atoms with Crippen LogP contribution in [0.5, 0.6) is 0 Å². The Morgan fingerprint density at radius 2 is 2.25 bits per heavy atom. The Hall–Kier alpha value is -0.740. The quantitative estimate of drug-likeness (QED) is 0.852. The van der Waals surface area contributed by atoms with Crippen molar-refractivity contribution in [3.8, 4) is 0 Å². The lowest BCUT2D eigenvalue weighted by Crippen LogP contribution is -2.44. The molecule has 0 amide bonds. The zero-order valence-electron chi connectivity index (χ0n) is 11.8. The summed E-state index contributed by atoms with van der Waals surface area (Å²) < 4.78 is 11.4. The van der Waals surface area contributed by atoms with Crippen molar-refractivity contribution in [3.05, 3.63) is 24.2 Å². The normalized spacial score (nSPS) is 25.7. The molecule has 0 N–H and O–H groups in total. The number of hydrogen-bond donors (Lipinski definition) is 0. The SMILES string of the molecule is O=C(CCc1ccco1)C1CCOC2(CCSCC2)C1. The van der Waals surface area contributed by atoms with Crippen molar-refractivity contribution in [2.75, 3.05) is 18.1 Å². The first-order valence-electron chi connectivity index (χ1n) is 7.54. The largest absolute Gasteiger partial charge is 0.469 e. The summed E-state index contributed by atoms with van der Waals surface area (Å²) in [6.45, 7) is 0.752. The highest BCUT2D eigenvalue weighted by molar-refractivity contribution is 7.99. The molecule has 0 saturated carbocycles. The van der Waals surface area contributed by atoms with Gasteiger partial charge in [-0.2, -0.15) is 11.8 Å². The molecule has 1 atom stereocenters. The number of carbonyl (C=O) groups excluding carboxylic acids is 1. The minimum absolute atomic E-state index is 0.00844. The summed E-state index contributed by atoms with van der Waals surface area (Å²) in [5.41, 5.74) is 0.00844. The average molecular weight is 294 g/mol. The fourth-order valence-electron chi connectivity index (χ4n) is 3.30. The zero-order valence-corrected chi connectivity index (χ0v) is 12.6. The molecule has 3 rings (SSSR count). The Kier molecular flexibility index (Phi) is 4.51. The molecule has 0 aromatic carbocycles. The van der Waals surface area contributed by atoms with Crippen LogP contribution >= 0.6 is 11.8 Å². The van der Waals surface area contributed by atoms with Crippen LogP contribution in [-0.4, -0.2) is 29.5 Å². The lowest BCUT2D eigenvalue weighted by atomic mass is 9.79. The number of furan rings is 1. The number of thioether (sulfide) groups is 1. The van der Waals surface area contributed by atoms with Crippen molar-refractivity contribution in [2.24, 2.45) is 5.92 Å². The van der Waals surface area contributed by atoms with E-state index in [1.807, 2.05) is 23.9 Å². The summed E-state index contributed by atoms with van der Waals surface area (Å²) in [5, 5.41) is 0. The number of carbonyl (C=O) groups is 1. The molecule has 110 valence electrons. The molecule has 2 aliphatic heterocycles. The van der Waals surface area contributed by atoms with Gasteiger partial charge in [-0.05, 0) is 49.3 Å². The van der Waals surface area contributed by atoms with Gasteiger partial charge in [0.1, 0.15) is 11.5 Å². The molecule has 2 saturated heterocycles. The molecule has 0 aliphatic carbocycles. The van der Waals surface area contributed by atoms with Gasteiger partial charge in [0.15, 0.2) is 0 Å². The van der Waals surface area contributed by atoms with Gasteiger partial charge in [0.05, 0.1) is 11.9 Å². The number of hydrogen-bond acceptors (Lipinski definition) is 4. The minimum Gasteiger partial charge on any atom is -0.469 e. The third-order valence-electron chi connectivity index (χ3n) is 4.55. The van der Waals surface area contributed by atoms with Gasteiger partial charge in [-0.25, -0.2) is 0 Å². The smallest absolute Gasteiger partial charge is 0.136 e. The van der Waals surface area contributed by atoms with Gasteiger partial charge in [0, 0.05) is 25.4 Å². The maximum absolute atomic E-state index is 12.4. The second-order valence-corrected chi connectivity index (χ2v) is 7.10. The van der Waals surface area contributed by atoms with Crippen LogP contribution in [0.1, 0.15) is 37.9 Å². The molecular formula is C16H22O3S. The number of aryl methyl sites for hydroxylation is 1. The van der Waals surface area contributed by atoms with E-state index in [1.165, 1.54) is 11.5 Å². The highest BCUT2D eigenvalue weighted by atomic mass is 32.2. The first kappa shape index (κ1) is 14.2. The van der Waals surface area contributed by atoms with Gasteiger partial charge in [-0.1, -0.05) is 0 Å². The van der Waals surface area contributed by atoms with E-state index in [0.29, 0.717) is 12.2 Å². The van der Waals surface area contributed by atoms with Crippen molar-refractivity contribution in [1.82, 2.24) is 0 Å². The third kappa shape index (κ3) is 3.29. The van der Waals surface area contributed by atoms with Gasteiger partial charge < -0.3 is 9.15 Å². The molecule has 1 spiro atoms. The van der Waals surface area contributed by atoms with Crippen molar-refractivity contribution >= 4 is 17.5 Å². The van der Waals surface area contributed by atoms with Gasteiger partial charge in [-0.3, -0.25) is 4.79 Å². The summed E-state index contributed by atoms with van der Waals surface area (Å²) >= 11 is 2.00. The fourth-order valence-corrected chi connectivity index (χ4v) is 4.54. The number of ether oxygens (including phenoxy) is 1. The molecule has 0 radical (unpaired) electrons. The molecule has 4 heteroatoms. The minimum atomic E-state index is 0.00844. The third-order valence-corrected chi connectivity index (χ3v) is 5.54. The Morgan fingerprint density at radius 3 is 3.00 bits per heavy atom. The Labute approximate surface area is 124 Å². The number of Topliss-reactive ketones (excluding diaryl/α,β-unsaturated/α-hetero) is 1. The van der Waals surface area contributed by atoms with Crippen molar-refractivity contribution in [1.29, 1.82) is 0 Å². The van der Waals surface area contributed by atoms with Crippen LogP contribution in [0.3, 0.4) is 0 Å². The Morgan fingerprint density at radius 1 is 1.40 bits per heavy atom. The standard InChI is InChI=1S/C16H22O3S/c17-15(4-3-14-2-1-8-18-14)13-5-9-19-16(12-13)6-10-20-11-7-16/h1-2,8,13H,3-7,9-12H2. The summed E-state index contributed by atoms with van der Waals surface area (Å²) in [6, 6.07) is 3.82. The van der Waals surface area contributed by atoms with E-state index in [4.69, 9.17) is 9.15 Å². The topological polar surface area (TPSA) is 39.4 Å². The molecule has 1 aromatic rings. The van der Waals surface area contributed by atoms with Gasteiger partial charge in [-0.15, -0.1) is 0 Å². The van der Waals surface area contributed by atoms with E-state index < -0.39 is 0 Å². The summed E-state index contributed by atoms with van der Waals surface area (Å²) in [6.07, 6.45) is 7.05. The van der Waals surface area contributed by atoms with E-state index in [2.05, 4.69) is 0 Å². The maximum atomic E-state index is 12.4. The molecule has 2 aliphatic rings. The summed E-state index contributed by atoms with van der Waals surface area (Å²) in [4.78, 5) is 12.4. The molecule has 1 aromatic heterocycles. The van der Waals surface area contributed by atoms with E-state index >= 15 is 0 Å². The lowest BCUT2D eigenvalue weighted by molar-refractivity contribution is -0.138. The highest BCUT2D eigenvalue weighted by Gasteiger charge is 2.40. The van der Waals surface area contributed by atoms with Crippen molar-refractivity contribution in [3.63, 3.8) is 0 Å². The van der Waals surface area contributed by atoms with Crippen molar-refractivity contribution in [2.45, 2.75) is 44.1 Å². The molecule has 1 unspecified atom stereocenters. The number of ketones is 1. The first-order chi connectivity index (χ1) is 9.77. The predicted molar refractivity (Wildman–Crippen MR) is 80.0 cm³/mol. The summed E-state index contributed by atoms with van der Waals surface area (Å²) in [5.74, 6) is 3.85. The van der Waals surface area contributed by atoms with Crippen LogP contribution in [0, 0.1) is 5.92 Å². The van der Waals surface area contributed by atoms with Crippen LogP contribution in [0.2, 0.25) is 0 Å². The molecule has 3 heterocycles. The monoisotopic (exact) mass is 294 g/mol. The summed E-state index contributed by atoms with van der Waals surface area (Å²) in [7, 11) is 0. The molecule has 20 heavy (non-hydrogen) atoms. The van der Waals surface area contributed by atoms with Crippen molar-refractivity contribution < 1.29 is 13.9 Å².